The van der Waals surface area contributed by atoms with Crippen molar-refractivity contribution in [1.29, 1.82) is 0 Å². The van der Waals surface area contributed by atoms with Gasteiger partial charge in [-0.15, -0.1) is 10.2 Å². The van der Waals surface area contributed by atoms with E-state index >= 15 is 0 Å². The first kappa shape index (κ1) is 22.4. The van der Waals surface area contributed by atoms with Crippen LogP contribution in [-0.2, 0) is 17.9 Å². The number of hydrogen-bond acceptors (Lipinski definition) is 6. The summed E-state index contributed by atoms with van der Waals surface area (Å²) in [6.45, 7) is 4.62. The zero-order valence-electron chi connectivity index (χ0n) is 18.4. The van der Waals surface area contributed by atoms with Gasteiger partial charge in [-0.05, 0) is 56.0 Å². The van der Waals surface area contributed by atoms with Gasteiger partial charge < -0.3 is 14.2 Å². The van der Waals surface area contributed by atoms with Gasteiger partial charge in [0.1, 0.15) is 11.6 Å². The molecular formula is C23H28FN5O2S. The van der Waals surface area contributed by atoms with Crippen LogP contribution >= 0.6 is 11.8 Å². The molecule has 4 rings (SSSR count). The highest BCUT2D eigenvalue weighted by Crippen LogP contribution is 2.29. The van der Waals surface area contributed by atoms with Crippen molar-refractivity contribution in [3.8, 4) is 0 Å². The minimum atomic E-state index is -0.373. The van der Waals surface area contributed by atoms with E-state index in [0.717, 1.165) is 43.2 Å². The molecule has 1 atom stereocenters. The Bertz CT molecular complexity index is 1030. The topological polar surface area (TPSA) is 67.4 Å². The van der Waals surface area contributed by atoms with Crippen LogP contribution in [-0.4, -0.2) is 51.0 Å². The molecule has 1 fully saturated rings. The summed E-state index contributed by atoms with van der Waals surface area (Å²) in [4.78, 5) is 16.9. The summed E-state index contributed by atoms with van der Waals surface area (Å²) in [7, 11) is 1.73. The molecule has 32 heavy (non-hydrogen) atoms. The second-order valence-electron chi connectivity index (χ2n) is 8.08. The Balaban J connectivity index is 1.49. The standard InChI is InChI=1S/C23H28FN5O2S/c1-17(21(30)27(2)15-18-8-6-9-19(24)14-18)32-23-26-25-22(28-11-4-3-5-12-28)29(23)16-20-10-7-13-31-20/h6-10,13-14,17H,3-5,11-12,15-16H2,1-2H3. The molecule has 2 aromatic heterocycles. The lowest BCUT2D eigenvalue weighted by Gasteiger charge is -2.27. The van der Waals surface area contributed by atoms with Crippen LogP contribution in [0.2, 0.25) is 0 Å². The molecule has 7 nitrogen and oxygen atoms in total. The first-order valence-corrected chi connectivity index (χ1v) is 11.8. The zero-order chi connectivity index (χ0) is 22.5. The molecule has 0 spiro atoms. The van der Waals surface area contributed by atoms with Crippen molar-refractivity contribution in [2.75, 3.05) is 25.0 Å². The van der Waals surface area contributed by atoms with Crippen molar-refractivity contribution in [2.24, 2.45) is 0 Å². The van der Waals surface area contributed by atoms with Crippen LogP contribution in [0.15, 0.2) is 52.2 Å². The third-order valence-electron chi connectivity index (χ3n) is 5.55. The maximum Gasteiger partial charge on any atom is 0.235 e. The number of nitrogens with zero attached hydrogens (tertiary/aromatic N) is 5. The van der Waals surface area contributed by atoms with Crippen molar-refractivity contribution in [2.45, 2.75) is 49.7 Å². The van der Waals surface area contributed by atoms with Crippen molar-refractivity contribution in [3.63, 3.8) is 0 Å². The average molecular weight is 458 g/mol. The lowest BCUT2D eigenvalue weighted by Crippen LogP contribution is -2.33. The largest absolute Gasteiger partial charge is 0.467 e. The smallest absolute Gasteiger partial charge is 0.235 e. The van der Waals surface area contributed by atoms with Crippen LogP contribution in [0.3, 0.4) is 0 Å². The highest BCUT2D eigenvalue weighted by Gasteiger charge is 2.25. The molecule has 1 amide bonds. The number of piperidine rings is 1. The molecular weight excluding hydrogens is 429 g/mol. The fourth-order valence-electron chi connectivity index (χ4n) is 3.90. The fraction of sp³-hybridized carbons (Fsp3) is 0.435. The molecule has 0 aliphatic carbocycles. The second-order valence-corrected chi connectivity index (χ2v) is 9.39. The van der Waals surface area contributed by atoms with Gasteiger partial charge in [-0.2, -0.15) is 0 Å². The van der Waals surface area contributed by atoms with Crippen molar-refractivity contribution >= 4 is 23.6 Å². The molecule has 1 saturated heterocycles. The Morgan fingerprint density at radius 1 is 1.22 bits per heavy atom. The van der Waals surface area contributed by atoms with E-state index in [2.05, 4.69) is 15.1 Å². The van der Waals surface area contributed by atoms with Gasteiger partial charge >= 0.3 is 0 Å². The highest BCUT2D eigenvalue weighted by molar-refractivity contribution is 8.00. The number of rotatable bonds is 8. The summed E-state index contributed by atoms with van der Waals surface area (Å²) in [5.41, 5.74) is 0.756. The van der Waals surface area contributed by atoms with Crippen molar-refractivity contribution in [1.82, 2.24) is 19.7 Å². The number of amides is 1. The minimum absolute atomic E-state index is 0.0497. The number of thioether (sulfide) groups is 1. The maximum atomic E-state index is 13.5. The summed E-state index contributed by atoms with van der Waals surface area (Å²) >= 11 is 1.38. The lowest BCUT2D eigenvalue weighted by molar-refractivity contribution is -0.129. The van der Waals surface area contributed by atoms with Crippen molar-refractivity contribution < 1.29 is 13.6 Å². The fourth-order valence-corrected chi connectivity index (χ4v) is 4.86. The maximum absolute atomic E-state index is 13.5. The van der Waals surface area contributed by atoms with Crippen LogP contribution in [0.4, 0.5) is 10.3 Å². The molecule has 3 heterocycles. The molecule has 0 N–H and O–H groups in total. The van der Waals surface area contributed by atoms with Crippen LogP contribution in [0.25, 0.3) is 0 Å². The number of halogens is 1. The molecule has 0 radical (unpaired) electrons. The number of carbonyl (C=O) groups is 1. The Morgan fingerprint density at radius 3 is 2.75 bits per heavy atom. The predicted octanol–water partition coefficient (Wildman–Crippen LogP) is 4.19. The van der Waals surface area contributed by atoms with E-state index in [1.807, 2.05) is 29.7 Å². The molecule has 9 heteroatoms. The van der Waals surface area contributed by atoms with Crippen LogP contribution in [0.5, 0.6) is 0 Å². The molecule has 170 valence electrons. The third-order valence-corrected chi connectivity index (χ3v) is 6.61. The van der Waals surface area contributed by atoms with Gasteiger partial charge in [-0.3, -0.25) is 9.36 Å². The normalized spacial score (nSPS) is 15.0. The van der Waals surface area contributed by atoms with E-state index in [9.17, 15) is 9.18 Å². The summed E-state index contributed by atoms with van der Waals surface area (Å²) in [5, 5.41) is 9.20. The number of aromatic nitrogens is 3. The summed E-state index contributed by atoms with van der Waals surface area (Å²) < 4.78 is 21.1. The quantitative estimate of drug-likeness (QED) is 0.473. The molecule has 1 aliphatic rings. The van der Waals surface area contributed by atoms with Gasteiger partial charge in [0.05, 0.1) is 18.1 Å². The number of hydrogen-bond donors (Lipinski definition) is 0. The first-order chi connectivity index (χ1) is 15.5. The minimum Gasteiger partial charge on any atom is -0.467 e. The van der Waals surface area contributed by atoms with Gasteiger partial charge in [0.2, 0.25) is 11.9 Å². The number of carbonyl (C=O) groups excluding carboxylic acids is 1. The Labute approximate surface area is 191 Å². The Morgan fingerprint density at radius 2 is 2.03 bits per heavy atom. The van der Waals surface area contributed by atoms with Crippen LogP contribution in [0, 0.1) is 5.82 Å². The van der Waals surface area contributed by atoms with Gasteiger partial charge in [0.15, 0.2) is 5.16 Å². The second kappa shape index (κ2) is 10.2. The molecule has 3 aromatic rings. The van der Waals surface area contributed by atoms with Crippen LogP contribution < -0.4 is 4.90 Å². The number of furan rings is 1. The molecule has 0 saturated carbocycles. The Hall–Kier alpha value is -2.81. The van der Waals surface area contributed by atoms with E-state index in [1.54, 1.807) is 24.3 Å². The molecule has 0 bridgehead atoms. The summed E-state index contributed by atoms with van der Waals surface area (Å²) in [5.74, 6) is 1.27. The van der Waals surface area contributed by atoms with E-state index in [-0.39, 0.29) is 17.0 Å². The molecule has 1 aromatic carbocycles. The van der Waals surface area contributed by atoms with Crippen LogP contribution in [0.1, 0.15) is 37.5 Å². The number of benzene rings is 1. The van der Waals surface area contributed by atoms with Gasteiger partial charge in [-0.1, -0.05) is 23.9 Å². The van der Waals surface area contributed by atoms with E-state index < -0.39 is 0 Å². The first-order valence-electron chi connectivity index (χ1n) is 10.9. The van der Waals surface area contributed by atoms with Crippen molar-refractivity contribution in [3.05, 3.63) is 59.8 Å². The Kier molecular flexibility index (Phi) is 7.14. The van der Waals surface area contributed by atoms with E-state index in [4.69, 9.17) is 4.42 Å². The SMILES string of the molecule is CC(Sc1nnc(N2CCCCC2)n1Cc1ccco1)C(=O)N(C)Cc1cccc(F)c1. The summed E-state index contributed by atoms with van der Waals surface area (Å²) in [6.07, 6.45) is 5.15. The average Bonchev–Trinajstić information content (AvgIpc) is 3.44. The predicted molar refractivity (Wildman–Crippen MR) is 122 cm³/mol. The molecule has 1 aliphatic heterocycles. The number of anilines is 1. The van der Waals surface area contributed by atoms with E-state index in [0.29, 0.717) is 18.2 Å². The monoisotopic (exact) mass is 457 g/mol. The van der Waals surface area contributed by atoms with Gasteiger partial charge in [-0.25, -0.2) is 4.39 Å². The van der Waals surface area contributed by atoms with Gasteiger partial charge in [0, 0.05) is 26.7 Å². The zero-order valence-corrected chi connectivity index (χ0v) is 19.2. The summed E-state index contributed by atoms with van der Waals surface area (Å²) in [6, 6.07) is 10.1. The lowest BCUT2D eigenvalue weighted by atomic mass is 10.1. The van der Waals surface area contributed by atoms with Gasteiger partial charge in [0.25, 0.3) is 0 Å². The third kappa shape index (κ3) is 5.32. The highest BCUT2D eigenvalue weighted by atomic mass is 32.2. The molecule has 1 unspecified atom stereocenters. The van der Waals surface area contributed by atoms with E-state index in [1.165, 1.54) is 30.3 Å².